The number of aldehydes is 1. The fourth-order valence-corrected chi connectivity index (χ4v) is 2.72. The van der Waals surface area contributed by atoms with Gasteiger partial charge in [-0.15, -0.1) is 0 Å². The van der Waals surface area contributed by atoms with Crippen LogP contribution in [0.3, 0.4) is 0 Å². The van der Waals surface area contributed by atoms with Crippen LogP contribution in [-0.4, -0.2) is 54.5 Å². The number of nitrogens with one attached hydrogen (secondary N) is 1. The first-order valence-electron chi connectivity index (χ1n) is 9.64. The summed E-state index contributed by atoms with van der Waals surface area (Å²) in [5.74, 6) is -46.1. The summed E-state index contributed by atoms with van der Waals surface area (Å²) in [5.41, 5.74) is 0.738. The van der Waals surface area contributed by atoms with Crippen LogP contribution in [0.1, 0.15) is 36.0 Å². The van der Waals surface area contributed by atoms with E-state index in [1.54, 1.807) is 0 Å². The van der Waals surface area contributed by atoms with Gasteiger partial charge in [0, 0.05) is 24.2 Å². The molecule has 0 aromatic heterocycles. The summed E-state index contributed by atoms with van der Waals surface area (Å²) >= 11 is 0. The van der Waals surface area contributed by atoms with Gasteiger partial charge in [-0.3, -0.25) is 4.79 Å². The maximum Gasteiger partial charge on any atom is 0.460 e. The van der Waals surface area contributed by atoms with Crippen LogP contribution in [0.2, 0.25) is 0 Å². The van der Waals surface area contributed by atoms with Gasteiger partial charge in [0.2, 0.25) is 0 Å². The van der Waals surface area contributed by atoms with Crippen LogP contribution in [0.4, 0.5) is 71.5 Å². The fourth-order valence-electron chi connectivity index (χ4n) is 2.72. The monoisotopic (exact) mass is 559 g/mol. The number of halogens is 15. The third-order valence-electron chi connectivity index (χ3n) is 4.94. The Kier molecular flexibility index (Phi) is 8.96. The average Bonchev–Trinajstić information content (AvgIpc) is 2.75. The quantitative estimate of drug-likeness (QED) is 0.152. The van der Waals surface area contributed by atoms with Crippen molar-refractivity contribution in [1.29, 1.82) is 0 Å². The SMILES string of the molecule is O=Cc1ccc(NCCCCCC(F)(F)C(F)(F)C(F)(F)C(F)(F)C(F)(F)C(F)(F)C(F)(F)F)cc1. The molecular formula is C19H16F15NO. The normalized spacial score (nSPS) is 14.6. The van der Waals surface area contributed by atoms with Crippen molar-refractivity contribution < 1.29 is 70.7 Å². The minimum Gasteiger partial charge on any atom is -0.385 e. The molecule has 0 unspecified atom stereocenters. The van der Waals surface area contributed by atoms with Crippen molar-refractivity contribution >= 4 is 12.0 Å². The molecule has 2 nitrogen and oxygen atoms in total. The maximum absolute atomic E-state index is 13.7. The predicted molar refractivity (Wildman–Crippen MR) is 94.5 cm³/mol. The number of anilines is 1. The topological polar surface area (TPSA) is 29.1 Å². The lowest BCUT2D eigenvalue weighted by Gasteiger charge is -2.41. The van der Waals surface area contributed by atoms with Crippen LogP contribution in [0.25, 0.3) is 0 Å². The summed E-state index contributed by atoms with van der Waals surface area (Å²) < 4.78 is 197. The van der Waals surface area contributed by atoms with Gasteiger partial charge in [-0.2, -0.15) is 65.9 Å². The molecule has 0 saturated heterocycles. The van der Waals surface area contributed by atoms with Crippen molar-refractivity contribution in [2.75, 3.05) is 11.9 Å². The fraction of sp³-hybridized carbons (Fsp3) is 0.632. The van der Waals surface area contributed by atoms with E-state index in [-0.39, 0.29) is 13.0 Å². The maximum atomic E-state index is 13.7. The Hall–Kier alpha value is -2.36. The van der Waals surface area contributed by atoms with Crippen molar-refractivity contribution in [3.8, 4) is 0 Å². The van der Waals surface area contributed by atoms with E-state index in [0.717, 1.165) is 0 Å². The van der Waals surface area contributed by atoms with Gasteiger partial charge in [-0.1, -0.05) is 6.42 Å². The van der Waals surface area contributed by atoms with Crippen LogP contribution in [0.5, 0.6) is 0 Å². The second kappa shape index (κ2) is 10.2. The van der Waals surface area contributed by atoms with Gasteiger partial charge < -0.3 is 5.32 Å². The Bertz CT molecular complexity index is 878. The minimum absolute atomic E-state index is 0.0185. The van der Waals surface area contributed by atoms with Crippen molar-refractivity contribution in [3.63, 3.8) is 0 Å². The third-order valence-corrected chi connectivity index (χ3v) is 4.94. The van der Waals surface area contributed by atoms with Crippen molar-refractivity contribution in [3.05, 3.63) is 29.8 Å². The van der Waals surface area contributed by atoms with Gasteiger partial charge in [0.05, 0.1) is 0 Å². The molecule has 36 heavy (non-hydrogen) atoms. The Morgan fingerprint density at radius 1 is 0.583 bits per heavy atom. The van der Waals surface area contributed by atoms with E-state index >= 15 is 0 Å². The molecule has 0 bridgehead atoms. The largest absolute Gasteiger partial charge is 0.460 e. The Labute approximate surface area is 192 Å². The summed E-state index contributed by atoms with van der Waals surface area (Å²) in [6.07, 6.45) is -11.0. The highest BCUT2D eigenvalue weighted by Crippen LogP contribution is 2.62. The second-order valence-corrected chi connectivity index (χ2v) is 7.55. The van der Waals surface area contributed by atoms with E-state index in [4.69, 9.17) is 0 Å². The van der Waals surface area contributed by atoms with Crippen molar-refractivity contribution in [2.45, 2.75) is 67.4 Å². The van der Waals surface area contributed by atoms with Gasteiger partial charge in [-0.05, 0) is 37.1 Å². The molecule has 1 rings (SSSR count). The van der Waals surface area contributed by atoms with E-state index in [2.05, 4.69) is 5.32 Å². The predicted octanol–water partition coefficient (Wildman–Crippen LogP) is 7.85. The Morgan fingerprint density at radius 3 is 1.47 bits per heavy atom. The van der Waals surface area contributed by atoms with Crippen LogP contribution >= 0.6 is 0 Å². The van der Waals surface area contributed by atoms with Gasteiger partial charge in [0.25, 0.3) is 0 Å². The van der Waals surface area contributed by atoms with E-state index in [1.807, 2.05) is 0 Å². The molecular weight excluding hydrogens is 543 g/mol. The minimum atomic E-state index is -8.25. The molecule has 0 aliphatic rings. The van der Waals surface area contributed by atoms with Gasteiger partial charge in [0.1, 0.15) is 6.29 Å². The third kappa shape index (κ3) is 5.48. The molecule has 208 valence electrons. The molecule has 0 aliphatic heterocycles. The molecule has 0 spiro atoms. The standard InChI is InChI=1S/C19H16F15NO/c20-13(21,8-2-1-3-9-35-12-6-4-11(10-36)5-7-12)14(22,23)15(24,25)16(26,27)17(28,29)18(30,31)19(32,33)34/h4-7,10,35H,1-3,8-9H2. The van der Waals surface area contributed by atoms with E-state index in [9.17, 15) is 70.7 Å². The van der Waals surface area contributed by atoms with Crippen molar-refractivity contribution in [2.24, 2.45) is 0 Å². The summed E-state index contributed by atoms with van der Waals surface area (Å²) in [7, 11) is 0. The van der Waals surface area contributed by atoms with E-state index in [0.29, 0.717) is 17.5 Å². The highest BCUT2D eigenvalue weighted by molar-refractivity contribution is 5.75. The number of hydrogen-bond acceptors (Lipinski definition) is 2. The first-order valence-corrected chi connectivity index (χ1v) is 9.64. The Balaban J connectivity index is 2.89. The number of benzene rings is 1. The zero-order valence-electron chi connectivity index (χ0n) is 17.5. The lowest BCUT2D eigenvalue weighted by molar-refractivity contribution is -0.452. The number of alkyl halides is 15. The van der Waals surface area contributed by atoms with Crippen molar-refractivity contribution in [1.82, 2.24) is 0 Å². The molecule has 1 N–H and O–H groups in total. The van der Waals surface area contributed by atoms with Crippen LogP contribution in [0.15, 0.2) is 24.3 Å². The molecule has 0 aliphatic carbocycles. The van der Waals surface area contributed by atoms with Crippen LogP contribution in [-0.2, 0) is 0 Å². The van der Waals surface area contributed by atoms with Crippen LogP contribution < -0.4 is 5.32 Å². The summed E-state index contributed by atoms with van der Waals surface area (Å²) in [6.45, 7) is -0.0185. The first-order chi connectivity index (χ1) is 16.0. The molecule has 0 saturated carbocycles. The average molecular weight is 559 g/mol. The lowest BCUT2D eigenvalue weighted by Crippen LogP contribution is -2.72. The molecule has 17 heteroatoms. The number of hydrogen-bond donors (Lipinski definition) is 1. The number of carbonyl (C=O) groups is 1. The second-order valence-electron chi connectivity index (χ2n) is 7.55. The zero-order chi connectivity index (χ0) is 28.4. The van der Waals surface area contributed by atoms with E-state index in [1.165, 1.54) is 24.3 Å². The molecule has 0 fully saturated rings. The molecule has 0 amide bonds. The van der Waals surface area contributed by atoms with Gasteiger partial charge >= 0.3 is 41.7 Å². The molecule has 1 aromatic carbocycles. The smallest absolute Gasteiger partial charge is 0.385 e. The molecule has 0 heterocycles. The summed E-state index contributed by atoms with van der Waals surface area (Å²) in [4.78, 5) is 10.5. The summed E-state index contributed by atoms with van der Waals surface area (Å²) in [6, 6.07) is 5.64. The van der Waals surface area contributed by atoms with E-state index < -0.39 is 61.0 Å². The molecule has 1 aromatic rings. The van der Waals surface area contributed by atoms with Gasteiger partial charge in [-0.25, -0.2) is 0 Å². The van der Waals surface area contributed by atoms with Crippen LogP contribution in [0, 0.1) is 0 Å². The first kappa shape index (κ1) is 31.7. The lowest BCUT2D eigenvalue weighted by atomic mass is 9.89. The number of carbonyl (C=O) groups excluding carboxylic acids is 1. The molecule has 0 atom stereocenters. The molecule has 0 radical (unpaired) electrons. The highest BCUT2D eigenvalue weighted by atomic mass is 19.4. The number of unbranched alkanes of at least 4 members (excludes halogenated alkanes) is 2. The Morgan fingerprint density at radius 2 is 1.03 bits per heavy atom. The zero-order valence-corrected chi connectivity index (χ0v) is 17.5. The highest BCUT2D eigenvalue weighted by Gasteiger charge is 2.93. The summed E-state index contributed by atoms with van der Waals surface area (Å²) in [5, 5.41) is 2.69. The van der Waals surface area contributed by atoms with Gasteiger partial charge in [0.15, 0.2) is 0 Å². The number of rotatable bonds is 13.